The van der Waals surface area contributed by atoms with Crippen LogP contribution in [0.1, 0.15) is 135 Å². The van der Waals surface area contributed by atoms with E-state index >= 15 is 0 Å². The van der Waals surface area contributed by atoms with E-state index in [1.807, 2.05) is 0 Å². The molecule has 0 aromatic carbocycles. The van der Waals surface area contributed by atoms with Gasteiger partial charge >= 0.3 is 0 Å². The summed E-state index contributed by atoms with van der Waals surface area (Å²) in [5.41, 5.74) is 0. The summed E-state index contributed by atoms with van der Waals surface area (Å²) < 4.78 is 1.69. The van der Waals surface area contributed by atoms with Crippen LogP contribution in [0.2, 0.25) is 53.9 Å². The van der Waals surface area contributed by atoms with Crippen molar-refractivity contribution < 1.29 is 4.39 Å². The van der Waals surface area contributed by atoms with Gasteiger partial charge < -0.3 is 4.39 Å². The van der Waals surface area contributed by atoms with E-state index in [1.165, 1.54) is 0 Å². The summed E-state index contributed by atoms with van der Waals surface area (Å²) in [5.74, 6) is 6.80. The highest BCUT2D eigenvalue weighted by molar-refractivity contribution is 6.77. The van der Waals surface area contributed by atoms with Gasteiger partial charge in [-0.1, -0.05) is 151 Å². The quantitative estimate of drug-likeness (QED) is 0.289. The van der Waals surface area contributed by atoms with Gasteiger partial charge in [0.2, 0.25) is 6.28 Å². The van der Waals surface area contributed by atoms with Crippen molar-refractivity contribution in [1.29, 1.82) is 0 Å². The van der Waals surface area contributed by atoms with E-state index in [0.29, 0.717) is 0 Å². The minimum atomic E-state index is -0.159. The Hall–Kier alpha value is 0.155. The van der Waals surface area contributed by atoms with Gasteiger partial charge in [0, 0.05) is 19.6 Å². The molecule has 0 saturated carbocycles. The number of hydrogen-bond donors (Lipinski definition) is 0. The van der Waals surface area contributed by atoms with Crippen LogP contribution < -0.4 is 0 Å². The maximum atomic E-state index is 1.69. The summed E-state index contributed by atoms with van der Waals surface area (Å²) in [4.78, 5) is 0. The second kappa shape index (κ2) is 11.2. The molecule has 6 bridgehead atoms. The fraction of sp³-hybridized carbons (Fsp3) is 1.00. The Bertz CT molecular complexity index is 667. The molecule has 0 aromatic heterocycles. The number of fused-ring (bicyclic) bond motifs is 4. The van der Waals surface area contributed by atoms with Gasteiger partial charge in [0.25, 0.3) is 0 Å². The number of quaternary nitrogens is 1. The molecule has 7 heterocycles. The Balaban J connectivity index is 1.08. The van der Waals surface area contributed by atoms with Crippen LogP contribution in [-0.2, 0) is 0 Å². The molecule has 4 heteroatoms. The molecule has 0 aromatic rings. The van der Waals surface area contributed by atoms with Crippen molar-refractivity contribution in [2.75, 3.05) is 19.6 Å². The number of hydrogen-bond acceptors (Lipinski definition) is 0. The van der Waals surface area contributed by atoms with Gasteiger partial charge in [-0.3, -0.25) is 0 Å². The topological polar surface area (TPSA) is 0 Å². The fourth-order valence-corrected chi connectivity index (χ4v) is 14.4. The zero-order chi connectivity index (χ0) is 24.7. The minimum Gasteiger partial charge on any atom is -0.515 e. The first-order valence-electron chi connectivity index (χ1n) is 18.3. The lowest BCUT2D eigenvalue weighted by atomic mass is 9.14. The van der Waals surface area contributed by atoms with E-state index in [0.717, 1.165) is 48.3 Å². The van der Waals surface area contributed by atoms with Gasteiger partial charge in [-0.25, -0.2) is 0 Å². The summed E-state index contributed by atoms with van der Waals surface area (Å²) in [6.07, 6.45) is 38.1. The molecule has 7 aliphatic heterocycles. The molecule has 7 rings (SSSR count). The lowest BCUT2D eigenvalue weighted by molar-refractivity contribution is -0.830. The van der Waals surface area contributed by atoms with Crippen molar-refractivity contribution in [2.45, 2.75) is 189 Å². The van der Waals surface area contributed by atoms with Crippen LogP contribution >= 0.6 is 0 Å². The Kier molecular flexibility index (Phi) is 7.90. The summed E-state index contributed by atoms with van der Waals surface area (Å²) >= 11 is 0. The third kappa shape index (κ3) is 4.66. The van der Waals surface area contributed by atoms with Crippen molar-refractivity contribution in [3.63, 3.8) is 0 Å². The van der Waals surface area contributed by atoms with Crippen molar-refractivity contribution >= 4 is 19.7 Å². The molecule has 0 N–H and O–H groups in total. The van der Waals surface area contributed by atoms with E-state index in [2.05, 4.69) is 0 Å². The normalized spacial score (nSPS) is 45.4. The molecule has 0 atom stereocenters. The molecule has 37 heavy (non-hydrogen) atoms. The van der Waals surface area contributed by atoms with E-state index in [9.17, 15) is 0 Å². The summed E-state index contributed by atoms with van der Waals surface area (Å²) in [5, 5.41) is 0. The largest absolute Gasteiger partial charge is 0.515 e. The van der Waals surface area contributed by atoms with Crippen LogP contribution in [-0.4, -0.2) is 43.7 Å². The van der Waals surface area contributed by atoms with Gasteiger partial charge in [-0.15, -0.1) is 18.0 Å². The molecule has 7 aliphatic rings. The lowest BCUT2D eigenvalue weighted by Gasteiger charge is -2.67. The van der Waals surface area contributed by atoms with E-state index < -0.39 is 0 Å². The molecule has 1 nitrogen and oxygen atoms in total. The van der Waals surface area contributed by atoms with Crippen molar-refractivity contribution in [1.82, 2.24) is 0 Å². The highest BCUT2D eigenvalue weighted by Gasteiger charge is 2.60. The van der Waals surface area contributed by atoms with Crippen LogP contribution in [0.4, 0.5) is 0 Å². The monoisotopic (exact) mass is 504 g/mol. The Morgan fingerprint density at radius 3 is 1.27 bits per heavy atom. The summed E-state index contributed by atoms with van der Waals surface area (Å²) in [7, 11) is 0. The fourth-order valence-electron chi connectivity index (χ4n) is 14.4. The van der Waals surface area contributed by atoms with Crippen LogP contribution in [0.5, 0.6) is 0 Å². The molecule has 0 radical (unpaired) electrons. The predicted octanol–water partition coefficient (Wildman–Crippen LogP) is 10.2. The van der Waals surface area contributed by atoms with Gasteiger partial charge in [-0.2, -0.15) is 0 Å². The third-order valence-electron chi connectivity index (χ3n) is 15.5. The first-order valence-corrected chi connectivity index (χ1v) is 18.3. The van der Waals surface area contributed by atoms with Crippen LogP contribution in [0, 0.1) is 0 Å². The highest BCUT2D eigenvalue weighted by Crippen LogP contribution is 2.61. The molecule has 1 spiro atoms. The molecular formula is C33H60B3N. The van der Waals surface area contributed by atoms with Crippen LogP contribution in [0.25, 0.3) is 0 Å². The van der Waals surface area contributed by atoms with Crippen molar-refractivity contribution in [3.05, 3.63) is 0 Å². The van der Waals surface area contributed by atoms with E-state index in [-0.39, 0.29) is 6.28 Å². The van der Waals surface area contributed by atoms with Crippen molar-refractivity contribution in [3.8, 4) is 0 Å². The highest BCUT2D eigenvalue weighted by atomic mass is 15.3. The average Bonchev–Trinajstić information content (AvgIpc) is 3.22. The second-order valence-corrected chi connectivity index (χ2v) is 16.4. The molecule has 7 saturated heterocycles. The zero-order valence-electron chi connectivity index (χ0n) is 24.7. The standard InChI is InChI=1S/C33H60B3N/c1-10-28-12-2-13-29(11-1)34(28)22-7-25-37(26-8-23-35-30-14-3-15-31(35)17-4-16-30)27-9-24-36(37)32-18-5-19-33(36)21-6-20-32/h28-33H,1-27H2. The smallest absolute Gasteiger partial charge is 0.215 e. The summed E-state index contributed by atoms with van der Waals surface area (Å²) in [6, 6.07) is 0. The molecule has 206 valence electrons. The first-order chi connectivity index (χ1) is 18.3. The lowest BCUT2D eigenvalue weighted by Crippen LogP contribution is -2.71. The molecule has 7 fully saturated rings. The second-order valence-electron chi connectivity index (χ2n) is 16.4. The van der Waals surface area contributed by atoms with E-state index in [1.54, 1.807) is 178 Å². The van der Waals surface area contributed by atoms with Crippen LogP contribution in [0.15, 0.2) is 0 Å². The van der Waals surface area contributed by atoms with Gasteiger partial charge in [-0.05, 0) is 19.3 Å². The van der Waals surface area contributed by atoms with Crippen molar-refractivity contribution in [2.24, 2.45) is 0 Å². The molecule has 0 unspecified atom stereocenters. The Morgan fingerprint density at radius 1 is 0.486 bits per heavy atom. The third-order valence-corrected chi connectivity index (χ3v) is 15.5. The van der Waals surface area contributed by atoms with E-state index in [4.69, 9.17) is 0 Å². The molecular weight excluding hydrogens is 443 g/mol. The van der Waals surface area contributed by atoms with Crippen LogP contribution in [0.3, 0.4) is 0 Å². The maximum Gasteiger partial charge on any atom is 0.215 e. The minimum absolute atomic E-state index is 0.159. The molecule has 0 aliphatic carbocycles. The first kappa shape index (κ1) is 26.1. The number of rotatable bonds is 8. The molecule has 0 amide bonds. The summed E-state index contributed by atoms with van der Waals surface area (Å²) in [6.45, 7) is 7.07. The van der Waals surface area contributed by atoms with Gasteiger partial charge in [0.05, 0.1) is 0 Å². The SMILES string of the molecule is C1CC2CCCC(C1)B2CCC[N+]1(CCCB2C3CCCC2CCC3)CCC[B-]12C1CCCC2CCC1. The average molecular weight is 503 g/mol. The predicted molar refractivity (Wildman–Crippen MR) is 166 cm³/mol. The Morgan fingerprint density at radius 2 is 0.865 bits per heavy atom. The Labute approximate surface area is 232 Å². The zero-order valence-corrected chi connectivity index (χ0v) is 24.7. The van der Waals surface area contributed by atoms with Gasteiger partial charge in [0.1, 0.15) is 13.4 Å². The van der Waals surface area contributed by atoms with Gasteiger partial charge in [0.15, 0.2) is 0 Å². The number of nitrogens with zero attached hydrogens (tertiary/aromatic N) is 1. The maximum absolute atomic E-state index is 1.69.